The number of sulfone groups is 1. The molecular weight excluding hydrogens is 436 g/mol. The molecule has 0 aliphatic heterocycles. The molecule has 3 aromatic carbocycles. The number of halogens is 1. The molecule has 0 saturated heterocycles. The van der Waals surface area contributed by atoms with E-state index >= 15 is 0 Å². The zero-order chi connectivity index (χ0) is 22.6. The van der Waals surface area contributed by atoms with Crippen molar-refractivity contribution in [3.8, 4) is 0 Å². The molecule has 160 valence electrons. The number of carbonyl (C=O) groups excluding carboxylic acids is 2. The topological polar surface area (TPSA) is 92.3 Å². The van der Waals surface area contributed by atoms with Gasteiger partial charge in [-0.1, -0.05) is 41.9 Å². The van der Waals surface area contributed by atoms with E-state index in [1.807, 2.05) is 37.3 Å². The van der Waals surface area contributed by atoms with Crippen molar-refractivity contribution in [3.63, 3.8) is 0 Å². The number of nitrogens with one attached hydrogen (secondary N) is 2. The van der Waals surface area contributed by atoms with Crippen LogP contribution >= 0.6 is 11.6 Å². The SMILES string of the molecule is CC(=O)Nc1cc(C(=O)N[C@H](C)c2ccccc2)ccc1S(=O)(=O)c1ccc(Cl)cc1. The molecule has 3 rings (SSSR count). The number of hydrogen-bond acceptors (Lipinski definition) is 4. The van der Waals surface area contributed by atoms with Crippen LogP contribution in [0.15, 0.2) is 82.6 Å². The molecule has 0 aliphatic rings. The molecule has 0 bridgehead atoms. The van der Waals surface area contributed by atoms with Crippen LogP contribution in [-0.2, 0) is 14.6 Å². The second kappa shape index (κ2) is 9.32. The van der Waals surface area contributed by atoms with Gasteiger partial charge in [0.15, 0.2) is 0 Å². The molecule has 0 heterocycles. The van der Waals surface area contributed by atoms with Crippen molar-refractivity contribution in [1.29, 1.82) is 0 Å². The normalized spacial score (nSPS) is 12.1. The number of hydrogen-bond donors (Lipinski definition) is 2. The van der Waals surface area contributed by atoms with E-state index in [4.69, 9.17) is 11.6 Å². The van der Waals surface area contributed by atoms with Crippen LogP contribution in [0, 0.1) is 0 Å². The lowest BCUT2D eigenvalue weighted by Crippen LogP contribution is -2.27. The number of carbonyl (C=O) groups is 2. The summed E-state index contributed by atoms with van der Waals surface area (Å²) in [6, 6.07) is 19.0. The van der Waals surface area contributed by atoms with E-state index < -0.39 is 21.7 Å². The van der Waals surface area contributed by atoms with Gasteiger partial charge in [-0.15, -0.1) is 0 Å². The molecule has 0 saturated carbocycles. The Bertz CT molecular complexity index is 1210. The van der Waals surface area contributed by atoms with E-state index in [0.29, 0.717) is 5.02 Å². The maximum atomic E-state index is 13.1. The summed E-state index contributed by atoms with van der Waals surface area (Å²) in [5.74, 6) is -0.846. The van der Waals surface area contributed by atoms with E-state index in [1.165, 1.54) is 49.4 Å². The lowest BCUT2D eigenvalue weighted by atomic mass is 10.1. The first-order valence-corrected chi connectivity index (χ1v) is 11.3. The molecule has 2 amide bonds. The van der Waals surface area contributed by atoms with Gasteiger partial charge in [0.05, 0.1) is 21.5 Å². The minimum Gasteiger partial charge on any atom is -0.346 e. The average Bonchev–Trinajstić information content (AvgIpc) is 2.74. The van der Waals surface area contributed by atoms with Gasteiger partial charge in [-0.2, -0.15) is 0 Å². The average molecular weight is 457 g/mol. The minimum absolute atomic E-state index is 0.0263. The van der Waals surface area contributed by atoms with Crippen LogP contribution in [0.5, 0.6) is 0 Å². The van der Waals surface area contributed by atoms with Crippen molar-refractivity contribution < 1.29 is 18.0 Å². The molecule has 6 nitrogen and oxygen atoms in total. The Kier molecular flexibility index (Phi) is 6.77. The van der Waals surface area contributed by atoms with Gasteiger partial charge in [0, 0.05) is 17.5 Å². The van der Waals surface area contributed by atoms with Gasteiger partial charge in [0.2, 0.25) is 15.7 Å². The van der Waals surface area contributed by atoms with Crippen molar-refractivity contribution in [2.45, 2.75) is 29.7 Å². The predicted molar refractivity (Wildman–Crippen MR) is 120 cm³/mol. The first-order valence-electron chi connectivity index (χ1n) is 9.46. The summed E-state index contributed by atoms with van der Waals surface area (Å²) in [4.78, 5) is 24.4. The highest BCUT2D eigenvalue weighted by Crippen LogP contribution is 2.30. The Hall–Kier alpha value is -3.16. The third-order valence-electron chi connectivity index (χ3n) is 4.61. The maximum absolute atomic E-state index is 13.1. The third-order valence-corrected chi connectivity index (χ3v) is 6.69. The fourth-order valence-corrected chi connectivity index (χ4v) is 4.56. The largest absolute Gasteiger partial charge is 0.346 e. The van der Waals surface area contributed by atoms with Gasteiger partial charge >= 0.3 is 0 Å². The molecule has 3 aromatic rings. The zero-order valence-electron chi connectivity index (χ0n) is 16.9. The summed E-state index contributed by atoms with van der Waals surface area (Å²) in [7, 11) is -3.95. The second-order valence-corrected chi connectivity index (χ2v) is 9.31. The fourth-order valence-electron chi connectivity index (χ4n) is 3.04. The molecule has 0 spiro atoms. The minimum atomic E-state index is -3.95. The van der Waals surface area contributed by atoms with Crippen LogP contribution in [0.25, 0.3) is 0 Å². The lowest BCUT2D eigenvalue weighted by Gasteiger charge is -2.16. The van der Waals surface area contributed by atoms with Crippen LogP contribution < -0.4 is 10.6 Å². The number of benzene rings is 3. The monoisotopic (exact) mass is 456 g/mol. The van der Waals surface area contributed by atoms with E-state index in [1.54, 1.807) is 0 Å². The molecule has 8 heteroatoms. The van der Waals surface area contributed by atoms with Gasteiger partial charge in [-0.05, 0) is 55.0 Å². The summed E-state index contributed by atoms with van der Waals surface area (Å²) in [5.41, 5.74) is 1.18. The predicted octanol–water partition coefficient (Wildman–Crippen LogP) is 4.62. The molecule has 31 heavy (non-hydrogen) atoms. The number of anilines is 1. The molecule has 0 radical (unpaired) electrons. The molecule has 0 fully saturated rings. The van der Waals surface area contributed by atoms with Gasteiger partial charge < -0.3 is 10.6 Å². The molecule has 0 unspecified atom stereocenters. The highest BCUT2D eigenvalue weighted by Gasteiger charge is 2.23. The van der Waals surface area contributed by atoms with Crippen LogP contribution in [0.3, 0.4) is 0 Å². The van der Waals surface area contributed by atoms with Gasteiger partial charge in [-0.25, -0.2) is 8.42 Å². The first-order chi connectivity index (χ1) is 14.7. The first kappa shape index (κ1) is 22.5. The van der Waals surface area contributed by atoms with E-state index in [9.17, 15) is 18.0 Å². The number of amides is 2. The molecule has 2 N–H and O–H groups in total. The van der Waals surface area contributed by atoms with Crippen molar-refractivity contribution in [3.05, 3.63) is 88.9 Å². The highest BCUT2D eigenvalue weighted by molar-refractivity contribution is 7.91. The maximum Gasteiger partial charge on any atom is 0.251 e. The van der Waals surface area contributed by atoms with Crippen molar-refractivity contribution in [2.75, 3.05) is 5.32 Å². The highest BCUT2D eigenvalue weighted by atomic mass is 35.5. The van der Waals surface area contributed by atoms with Crippen LogP contribution in [0.2, 0.25) is 5.02 Å². The van der Waals surface area contributed by atoms with E-state index in [2.05, 4.69) is 10.6 Å². The zero-order valence-corrected chi connectivity index (χ0v) is 18.5. The Morgan fingerprint density at radius 1 is 0.935 bits per heavy atom. The van der Waals surface area contributed by atoms with Crippen molar-refractivity contribution in [2.24, 2.45) is 0 Å². The fraction of sp³-hybridized carbons (Fsp3) is 0.130. The van der Waals surface area contributed by atoms with Gasteiger partial charge in [-0.3, -0.25) is 9.59 Å². The van der Waals surface area contributed by atoms with Crippen molar-refractivity contribution >= 4 is 38.9 Å². The quantitative estimate of drug-likeness (QED) is 0.566. The number of rotatable bonds is 6. The van der Waals surface area contributed by atoms with E-state index in [0.717, 1.165) is 5.56 Å². The van der Waals surface area contributed by atoms with Crippen molar-refractivity contribution in [1.82, 2.24) is 5.32 Å². The van der Waals surface area contributed by atoms with Crippen LogP contribution in [-0.4, -0.2) is 20.2 Å². The third kappa shape index (κ3) is 5.31. The summed E-state index contributed by atoms with van der Waals surface area (Å²) in [6.07, 6.45) is 0. The van der Waals surface area contributed by atoms with Gasteiger partial charge in [0.1, 0.15) is 0 Å². The second-order valence-electron chi connectivity index (χ2n) is 6.96. The Labute approximate surface area is 186 Å². The summed E-state index contributed by atoms with van der Waals surface area (Å²) < 4.78 is 26.2. The Morgan fingerprint density at radius 2 is 1.58 bits per heavy atom. The summed E-state index contributed by atoms with van der Waals surface area (Å²) >= 11 is 5.85. The van der Waals surface area contributed by atoms with E-state index in [-0.39, 0.29) is 27.1 Å². The molecule has 1 atom stereocenters. The molecule has 0 aliphatic carbocycles. The Morgan fingerprint density at radius 3 is 2.19 bits per heavy atom. The van der Waals surface area contributed by atoms with Crippen LogP contribution in [0.1, 0.15) is 35.8 Å². The van der Waals surface area contributed by atoms with Gasteiger partial charge in [0.25, 0.3) is 5.91 Å². The van der Waals surface area contributed by atoms with Crippen LogP contribution in [0.4, 0.5) is 5.69 Å². The lowest BCUT2D eigenvalue weighted by molar-refractivity contribution is -0.114. The summed E-state index contributed by atoms with van der Waals surface area (Å²) in [5, 5.41) is 5.79. The molecule has 0 aromatic heterocycles. The standard InChI is InChI=1S/C23H21ClN2O4S/c1-15(17-6-4-3-5-7-17)25-23(28)18-8-13-22(21(14-18)26-16(2)27)31(29,30)20-11-9-19(24)10-12-20/h3-15H,1-2H3,(H,25,28)(H,26,27)/t15-/m1/s1. The smallest absolute Gasteiger partial charge is 0.251 e. The molecular formula is C23H21ClN2O4S. The summed E-state index contributed by atoms with van der Waals surface area (Å²) in [6.45, 7) is 3.12. The Balaban J connectivity index is 1.95.